The lowest BCUT2D eigenvalue weighted by Gasteiger charge is -2.36. The minimum Gasteiger partial charge on any atom is -0.465 e. The minimum atomic E-state index is -0.854. The van der Waals surface area contributed by atoms with E-state index in [1.54, 1.807) is 11.3 Å². The van der Waals surface area contributed by atoms with Gasteiger partial charge in [0.1, 0.15) is 5.01 Å². The Hall–Kier alpha value is -1.92. The average Bonchev–Trinajstić information content (AvgIpc) is 2.98. The van der Waals surface area contributed by atoms with Crippen LogP contribution in [0.25, 0.3) is 11.3 Å². The van der Waals surface area contributed by atoms with Gasteiger partial charge in [-0.2, -0.15) is 0 Å². The van der Waals surface area contributed by atoms with Gasteiger partial charge in [0.2, 0.25) is 0 Å². The van der Waals surface area contributed by atoms with Crippen LogP contribution in [0.1, 0.15) is 11.0 Å². The van der Waals surface area contributed by atoms with Crippen LogP contribution in [0.5, 0.6) is 0 Å². The Bertz CT molecular complexity index is 629. The van der Waals surface area contributed by atoms with Crippen molar-refractivity contribution in [2.45, 2.75) is 6.04 Å². The molecule has 0 radical (unpaired) electrons. The van der Waals surface area contributed by atoms with Crippen molar-refractivity contribution in [1.82, 2.24) is 14.8 Å². The van der Waals surface area contributed by atoms with Gasteiger partial charge in [0.25, 0.3) is 0 Å². The first-order valence-electron chi connectivity index (χ1n) is 6.84. The number of amides is 1. The van der Waals surface area contributed by atoms with Crippen molar-refractivity contribution < 1.29 is 9.90 Å². The van der Waals surface area contributed by atoms with Gasteiger partial charge < -0.3 is 10.0 Å². The number of benzene rings is 1. The smallest absolute Gasteiger partial charge is 0.407 e. The predicted octanol–water partition coefficient (Wildman–Crippen LogP) is 2.78. The van der Waals surface area contributed by atoms with Crippen molar-refractivity contribution in [3.8, 4) is 11.3 Å². The maximum atomic E-state index is 11.2. The molecule has 1 aliphatic rings. The molecule has 1 N–H and O–H groups in total. The van der Waals surface area contributed by atoms with Gasteiger partial charge in [-0.05, 0) is 7.05 Å². The number of thiazole rings is 1. The van der Waals surface area contributed by atoms with Crippen molar-refractivity contribution in [2.75, 3.05) is 26.7 Å². The highest BCUT2D eigenvalue weighted by Gasteiger charge is 2.30. The Balaban J connectivity index is 1.83. The molecular formula is C15H17N3O2S. The molecule has 1 fully saturated rings. The molecule has 2 aromatic rings. The molecule has 1 aromatic carbocycles. The topological polar surface area (TPSA) is 56.7 Å². The molecule has 5 nitrogen and oxygen atoms in total. The Morgan fingerprint density at radius 3 is 2.81 bits per heavy atom. The van der Waals surface area contributed by atoms with Crippen LogP contribution in [0.2, 0.25) is 0 Å². The lowest BCUT2D eigenvalue weighted by atomic mass is 10.1. The van der Waals surface area contributed by atoms with Crippen molar-refractivity contribution in [3.63, 3.8) is 0 Å². The van der Waals surface area contributed by atoms with Crippen LogP contribution in [-0.2, 0) is 0 Å². The fourth-order valence-electron chi connectivity index (χ4n) is 2.50. The summed E-state index contributed by atoms with van der Waals surface area (Å²) in [5, 5.41) is 12.2. The Morgan fingerprint density at radius 1 is 1.33 bits per heavy atom. The quantitative estimate of drug-likeness (QED) is 0.927. The van der Waals surface area contributed by atoms with Gasteiger partial charge in [-0.1, -0.05) is 30.3 Å². The standard InChI is InChI=1S/C15H17N3O2S/c1-17-7-8-18(15(19)20)9-13(17)14-16-12(10-21-14)11-5-3-2-4-6-11/h2-6,10,13H,7-9H2,1H3,(H,19,20). The summed E-state index contributed by atoms with van der Waals surface area (Å²) in [7, 11) is 2.02. The molecule has 1 aliphatic heterocycles. The number of carbonyl (C=O) groups is 1. The van der Waals surface area contributed by atoms with E-state index < -0.39 is 6.09 Å². The fraction of sp³-hybridized carbons (Fsp3) is 0.333. The molecule has 1 saturated heterocycles. The van der Waals surface area contributed by atoms with Crippen molar-refractivity contribution in [1.29, 1.82) is 0 Å². The fourth-order valence-corrected chi connectivity index (χ4v) is 3.48. The highest BCUT2D eigenvalue weighted by molar-refractivity contribution is 7.10. The Labute approximate surface area is 127 Å². The van der Waals surface area contributed by atoms with E-state index in [2.05, 4.69) is 4.90 Å². The SMILES string of the molecule is CN1CCN(C(=O)O)CC1c1nc(-c2ccccc2)cs1. The second-order valence-electron chi connectivity index (χ2n) is 5.16. The summed E-state index contributed by atoms with van der Waals surface area (Å²) in [5.41, 5.74) is 2.05. The third-order valence-corrected chi connectivity index (χ3v) is 4.74. The van der Waals surface area contributed by atoms with E-state index >= 15 is 0 Å². The third-order valence-electron chi connectivity index (χ3n) is 3.80. The van der Waals surface area contributed by atoms with Crippen LogP contribution in [0.15, 0.2) is 35.7 Å². The van der Waals surface area contributed by atoms with E-state index in [1.165, 1.54) is 4.90 Å². The molecule has 0 bridgehead atoms. The van der Waals surface area contributed by atoms with Crippen LogP contribution in [-0.4, -0.2) is 52.7 Å². The van der Waals surface area contributed by atoms with Crippen molar-refractivity contribution in [3.05, 3.63) is 40.7 Å². The Morgan fingerprint density at radius 2 is 2.10 bits per heavy atom. The molecule has 21 heavy (non-hydrogen) atoms. The third kappa shape index (κ3) is 2.91. The number of hydrogen-bond acceptors (Lipinski definition) is 4. The summed E-state index contributed by atoms with van der Waals surface area (Å²) in [5.74, 6) is 0. The number of aromatic nitrogens is 1. The highest BCUT2D eigenvalue weighted by Crippen LogP contribution is 2.30. The van der Waals surface area contributed by atoms with Gasteiger partial charge in [0, 0.05) is 30.6 Å². The highest BCUT2D eigenvalue weighted by atomic mass is 32.1. The lowest BCUT2D eigenvalue weighted by molar-refractivity contribution is 0.0832. The Kier molecular flexibility index (Phi) is 3.90. The van der Waals surface area contributed by atoms with Gasteiger partial charge in [0.15, 0.2) is 0 Å². The summed E-state index contributed by atoms with van der Waals surface area (Å²) in [6.45, 7) is 1.77. The van der Waals surface area contributed by atoms with Gasteiger partial charge >= 0.3 is 6.09 Å². The zero-order chi connectivity index (χ0) is 14.8. The second-order valence-corrected chi connectivity index (χ2v) is 6.05. The van der Waals surface area contributed by atoms with Crippen molar-refractivity contribution in [2.24, 2.45) is 0 Å². The normalized spacial score (nSPS) is 19.7. The van der Waals surface area contributed by atoms with E-state index in [0.717, 1.165) is 22.8 Å². The maximum Gasteiger partial charge on any atom is 0.407 e. The number of piperazine rings is 1. The molecule has 0 aliphatic carbocycles. The monoisotopic (exact) mass is 303 g/mol. The van der Waals surface area contributed by atoms with Crippen LogP contribution < -0.4 is 0 Å². The van der Waals surface area contributed by atoms with E-state index in [4.69, 9.17) is 10.1 Å². The number of carboxylic acid groups (broad SMARTS) is 1. The average molecular weight is 303 g/mol. The molecule has 1 unspecified atom stereocenters. The lowest BCUT2D eigenvalue weighted by Crippen LogP contribution is -2.48. The summed E-state index contributed by atoms with van der Waals surface area (Å²) in [6, 6.07) is 10.1. The summed E-state index contributed by atoms with van der Waals surface area (Å²) in [4.78, 5) is 19.5. The second kappa shape index (κ2) is 5.83. The molecule has 1 amide bonds. The zero-order valence-electron chi connectivity index (χ0n) is 11.8. The van der Waals surface area contributed by atoms with Gasteiger partial charge in [-0.3, -0.25) is 4.90 Å². The first-order chi connectivity index (χ1) is 10.1. The van der Waals surface area contributed by atoms with Crippen LogP contribution in [0.4, 0.5) is 4.79 Å². The molecule has 3 rings (SSSR count). The first-order valence-corrected chi connectivity index (χ1v) is 7.72. The maximum absolute atomic E-state index is 11.2. The van der Waals surface area contributed by atoms with E-state index in [1.807, 2.05) is 42.8 Å². The van der Waals surface area contributed by atoms with E-state index in [0.29, 0.717) is 13.1 Å². The number of likely N-dealkylation sites (N-methyl/N-ethyl adjacent to an activating group) is 1. The molecule has 2 heterocycles. The van der Waals surface area contributed by atoms with Gasteiger partial charge in [-0.25, -0.2) is 9.78 Å². The molecule has 1 aromatic heterocycles. The summed E-state index contributed by atoms with van der Waals surface area (Å²) >= 11 is 1.60. The molecule has 1 atom stereocenters. The predicted molar refractivity (Wildman–Crippen MR) is 82.5 cm³/mol. The first kappa shape index (κ1) is 14.0. The number of hydrogen-bond donors (Lipinski definition) is 1. The minimum absolute atomic E-state index is 0.0392. The van der Waals surface area contributed by atoms with E-state index in [9.17, 15) is 4.79 Å². The number of rotatable bonds is 2. The summed E-state index contributed by atoms with van der Waals surface area (Å²) in [6.07, 6.45) is -0.854. The van der Waals surface area contributed by atoms with Crippen LogP contribution >= 0.6 is 11.3 Å². The molecular weight excluding hydrogens is 286 g/mol. The van der Waals surface area contributed by atoms with Crippen molar-refractivity contribution >= 4 is 17.4 Å². The number of nitrogens with zero attached hydrogens (tertiary/aromatic N) is 3. The molecule has 110 valence electrons. The molecule has 0 spiro atoms. The van der Waals surface area contributed by atoms with Crippen LogP contribution in [0, 0.1) is 0 Å². The van der Waals surface area contributed by atoms with E-state index in [-0.39, 0.29) is 6.04 Å². The summed E-state index contributed by atoms with van der Waals surface area (Å²) < 4.78 is 0. The molecule has 6 heteroatoms. The largest absolute Gasteiger partial charge is 0.465 e. The van der Waals surface area contributed by atoms with Gasteiger partial charge in [0.05, 0.1) is 11.7 Å². The molecule has 0 saturated carbocycles. The van der Waals surface area contributed by atoms with Gasteiger partial charge in [-0.15, -0.1) is 11.3 Å². The zero-order valence-corrected chi connectivity index (χ0v) is 12.6. The van der Waals surface area contributed by atoms with Crippen LogP contribution in [0.3, 0.4) is 0 Å².